The van der Waals surface area contributed by atoms with Crippen LogP contribution in [0.3, 0.4) is 0 Å². The van der Waals surface area contributed by atoms with E-state index in [2.05, 4.69) is 15.0 Å². The average Bonchev–Trinajstić information content (AvgIpc) is 2.68. The molecule has 11 heteroatoms. The van der Waals surface area contributed by atoms with E-state index in [1.54, 1.807) is 18.4 Å². The third-order valence-corrected chi connectivity index (χ3v) is 4.53. The number of hydrogen-bond donors (Lipinski definition) is 1. The first kappa shape index (κ1) is 20.7. The number of benzene rings is 1. The topological polar surface area (TPSA) is 91.7 Å². The van der Waals surface area contributed by atoms with Crippen LogP contribution >= 0.6 is 23.4 Å². The summed E-state index contributed by atoms with van der Waals surface area (Å²) in [5.74, 6) is 0.0560. The minimum absolute atomic E-state index is 0.135. The summed E-state index contributed by atoms with van der Waals surface area (Å²) in [4.78, 5) is 22.4. The van der Waals surface area contributed by atoms with Gasteiger partial charge >= 0.3 is 6.18 Å². The molecule has 29 heavy (non-hydrogen) atoms. The lowest BCUT2D eigenvalue weighted by atomic mass is 10.1. The van der Waals surface area contributed by atoms with E-state index in [0.29, 0.717) is 16.9 Å². The number of nitriles is 1. The molecule has 0 aliphatic carbocycles. The highest BCUT2D eigenvalue weighted by molar-refractivity contribution is 7.98. The number of thioether (sulfide) groups is 1. The van der Waals surface area contributed by atoms with E-state index in [-0.39, 0.29) is 27.9 Å². The fraction of sp³-hybridized carbons (Fsp3) is 0.111. The average molecular weight is 439 g/mol. The number of nitrogens with one attached hydrogen (secondary N) is 1. The van der Waals surface area contributed by atoms with Crippen molar-refractivity contribution in [1.29, 1.82) is 5.26 Å². The zero-order valence-corrected chi connectivity index (χ0v) is 16.1. The van der Waals surface area contributed by atoms with Gasteiger partial charge in [0.2, 0.25) is 5.88 Å². The maximum Gasteiger partial charge on any atom is 0.417 e. The van der Waals surface area contributed by atoms with Crippen LogP contribution in [0.2, 0.25) is 5.02 Å². The van der Waals surface area contributed by atoms with Gasteiger partial charge < -0.3 is 9.72 Å². The Morgan fingerprint density at radius 1 is 1.28 bits per heavy atom. The molecular formula is C18H10ClF3N4O2S. The highest BCUT2D eigenvalue weighted by Gasteiger charge is 2.31. The lowest BCUT2D eigenvalue weighted by Crippen LogP contribution is -2.14. The molecule has 2 heterocycles. The van der Waals surface area contributed by atoms with E-state index in [1.165, 1.54) is 23.9 Å². The Labute approximate surface area is 171 Å². The Morgan fingerprint density at radius 2 is 1.97 bits per heavy atom. The molecule has 0 saturated heterocycles. The number of nitrogens with zero attached hydrogens (tertiary/aromatic N) is 3. The zero-order chi connectivity index (χ0) is 21.2. The van der Waals surface area contributed by atoms with Crippen LogP contribution in [0.1, 0.15) is 11.1 Å². The summed E-state index contributed by atoms with van der Waals surface area (Å²) in [6, 6.07) is 8.65. The van der Waals surface area contributed by atoms with E-state index in [9.17, 15) is 23.2 Å². The maximum atomic E-state index is 12.7. The van der Waals surface area contributed by atoms with Crippen LogP contribution in [0.25, 0.3) is 11.3 Å². The van der Waals surface area contributed by atoms with Crippen LogP contribution in [-0.2, 0) is 6.18 Å². The molecule has 0 saturated carbocycles. The number of halogens is 4. The lowest BCUT2D eigenvalue weighted by Gasteiger charge is -2.10. The van der Waals surface area contributed by atoms with Crippen LogP contribution < -0.4 is 10.3 Å². The number of ether oxygens (including phenoxy) is 1. The fourth-order valence-corrected chi connectivity index (χ4v) is 2.89. The molecule has 1 aromatic carbocycles. The first-order chi connectivity index (χ1) is 13.7. The molecule has 6 nitrogen and oxygen atoms in total. The van der Waals surface area contributed by atoms with Crippen LogP contribution in [-0.4, -0.2) is 21.2 Å². The highest BCUT2D eigenvalue weighted by Crippen LogP contribution is 2.35. The van der Waals surface area contributed by atoms with Crippen molar-refractivity contribution in [3.8, 4) is 29.0 Å². The minimum Gasteiger partial charge on any atom is -0.438 e. The second kappa shape index (κ2) is 8.14. The fourth-order valence-electron chi connectivity index (χ4n) is 2.31. The van der Waals surface area contributed by atoms with E-state index in [1.807, 2.05) is 6.07 Å². The Kier molecular flexibility index (Phi) is 5.81. The number of pyridine rings is 1. The maximum absolute atomic E-state index is 12.7. The molecule has 0 fully saturated rings. The summed E-state index contributed by atoms with van der Waals surface area (Å²) in [5.41, 5.74) is -0.981. The molecular weight excluding hydrogens is 429 g/mol. The van der Waals surface area contributed by atoms with Crippen LogP contribution in [0.4, 0.5) is 13.2 Å². The van der Waals surface area contributed by atoms with Crippen molar-refractivity contribution in [2.24, 2.45) is 0 Å². The lowest BCUT2D eigenvalue weighted by molar-refractivity contribution is -0.137. The van der Waals surface area contributed by atoms with Crippen molar-refractivity contribution in [3.05, 3.63) is 63.0 Å². The largest absolute Gasteiger partial charge is 0.438 e. The summed E-state index contributed by atoms with van der Waals surface area (Å²) in [5, 5.41) is 9.30. The number of H-pyrrole nitrogens is 1. The quantitative estimate of drug-likeness (QED) is 0.460. The highest BCUT2D eigenvalue weighted by atomic mass is 35.5. The van der Waals surface area contributed by atoms with Gasteiger partial charge in [-0.1, -0.05) is 23.4 Å². The first-order valence-corrected chi connectivity index (χ1v) is 9.42. The smallest absolute Gasteiger partial charge is 0.417 e. The molecule has 0 aliphatic heterocycles. The molecule has 3 aromatic rings. The summed E-state index contributed by atoms with van der Waals surface area (Å²) in [7, 11) is 0. The molecule has 2 aromatic heterocycles. The van der Waals surface area contributed by atoms with Gasteiger partial charge in [0.15, 0.2) is 5.16 Å². The Hall–Kier alpha value is -3.03. The van der Waals surface area contributed by atoms with Crippen molar-refractivity contribution < 1.29 is 17.9 Å². The summed E-state index contributed by atoms with van der Waals surface area (Å²) >= 11 is 7.05. The number of alkyl halides is 3. The number of aromatic amines is 1. The summed E-state index contributed by atoms with van der Waals surface area (Å²) in [6.07, 6.45) is -2.21. The van der Waals surface area contributed by atoms with E-state index in [4.69, 9.17) is 16.3 Å². The van der Waals surface area contributed by atoms with Crippen LogP contribution in [0.5, 0.6) is 11.6 Å². The molecule has 3 rings (SSSR count). The predicted octanol–water partition coefficient (Wildman–Crippen LogP) is 4.89. The minimum atomic E-state index is -4.56. The Morgan fingerprint density at radius 3 is 2.52 bits per heavy atom. The molecule has 0 unspecified atom stereocenters. The Balaban J connectivity index is 1.90. The van der Waals surface area contributed by atoms with Gasteiger partial charge in [-0.3, -0.25) is 4.79 Å². The van der Waals surface area contributed by atoms with Crippen molar-refractivity contribution in [1.82, 2.24) is 15.0 Å². The molecule has 1 N–H and O–H groups in total. The van der Waals surface area contributed by atoms with Gasteiger partial charge in [0, 0.05) is 11.8 Å². The Bertz CT molecular complexity index is 1160. The molecule has 148 valence electrons. The van der Waals surface area contributed by atoms with Gasteiger partial charge in [-0.25, -0.2) is 9.97 Å². The van der Waals surface area contributed by atoms with Crippen molar-refractivity contribution in [2.45, 2.75) is 11.3 Å². The number of hydrogen-bond acceptors (Lipinski definition) is 6. The van der Waals surface area contributed by atoms with Gasteiger partial charge in [0.25, 0.3) is 5.56 Å². The molecule has 0 atom stereocenters. The van der Waals surface area contributed by atoms with Crippen molar-refractivity contribution in [3.63, 3.8) is 0 Å². The SMILES string of the molecule is CSc1nc(-c2ccc(Oc3ncc(C(F)(F)F)cc3Cl)cc2)c(C#N)c(=O)[nH]1. The summed E-state index contributed by atoms with van der Waals surface area (Å²) < 4.78 is 43.5. The van der Waals surface area contributed by atoms with E-state index < -0.39 is 17.3 Å². The molecule has 0 bridgehead atoms. The zero-order valence-electron chi connectivity index (χ0n) is 14.5. The van der Waals surface area contributed by atoms with E-state index >= 15 is 0 Å². The number of aromatic nitrogens is 3. The van der Waals surface area contributed by atoms with Gasteiger partial charge in [-0.05, 0) is 36.6 Å². The monoisotopic (exact) mass is 438 g/mol. The van der Waals surface area contributed by atoms with Gasteiger partial charge in [-0.15, -0.1) is 0 Å². The van der Waals surface area contributed by atoms with Gasteiger partial charge in [0.05, 0.1) is 11.3 Å². The van der Waals surface area contributed by atoms with Crippen LogP contribution in [0.15, 0.2) is 46.5 Å². The second-order valence-corrected chi connectivity index (χ2v) is 6.75. The summed E-state index contributed by atoms with van der Waals surface area (Å²) in [6.45, 7) is 0. The third kappa shape index (κ3) is 4.52. The molecule has 0 spiro atoms. The third-order valence-electron chi connectivity index (χ3n) is 3.68. The predicted molar refractivity (Wildman–Crippen MR) is 101 cm³/mol. The van der Waals surface area contributed by atoms with E-state index in [0.717, 1.165) is 6.07 Å². The molecule has 0 amide bonds. The normalized spacial score (nSPS) is 11.2. The van der Waals surface area contributed by atoms with Crippen molar-refractivity contribution in [2.75, 3.05) is 6.26 Å². The second-order valence-electron chi connectivity index (χ2n) is 5.55. The molecule has 0 aliphatic rings. The first-order valence-electron chi connectivity index (χ1n) is 7.82. The van der Waals surface area contributed by atoms with Crippen molar-refractivity contribution >= 4 is 23.4 Å². The number of rotatable bonds is 4. The van der Waals surface area contributed by atoms with Crippen LogP contribution in [0, 0.1) is 11.3 Å². The van der Waals surface area contributed by atoms with Gasteiger partial charge in [-0.2, -0.15) is 18.4 Å². The molecule has 0 radical (unpaired) electrons. The van der Waals surface area contributed by atoms with Gasteiger partial charge in [0.1, 0.15) is 22.4 Å². The standard InChI is InChI=1S/C18H10ClF3N4O2S/c1-29-17-25-14(12(7-23)15(27)26-17)9-2-4-11(5-3-9)28-16-13(19)6-10(8-24-16)18(20,21)22/h2-6,8H,1H3,(H,25,26,27).